The van der Waals surface area contributed by atoms with Crippen LogP contribution in [-0.4, -0.2) is 16.7 Å². The number of nitrogens with zero attached hydrogens (tertiary/aromatic N) is 1. The number of hydrogen-bond donors (Lipinski definition) is 1. The molecule has 0 spiro atoms. The molecule has 0 radical (unpaired) electrons. The lowest BCUT2D eigenvalue weighted by Gasteiger charge is -2.29. The van der Waals surface area contributed by atoms with Gasteiger partial charge in [0.05, 0.1) is 0 Å². The van der Waals surface area contributed by atoms with Gasteiger partial charge in [0.2, 0.25) is 5.78 Å². The molecule has 0 aromatic heterocycles. The zero-order chi connectivity index (χ0) is 13.4. The fraction of sp³-hybridized carbons (Fsp3) is 0.571. The van der Waals surface area contributed by atoms with Crippen molar-refractivity contribution in [2.75, 3.05) is 0 Å². The average molecular weight is 235 g/mol. The van der Waals surface area contributed by atoms with E-state index in [0.717, 1.165) is 5.57 Å². The largest absolute Gasteiger partial charge is 0.410 e. The van der Waals surface area contributed by atoms with E-state index >= 15 is 0 Å². The maximum absolute atomic E-state index is 12.1. The van der Waals surface area contributed by atoms with Crippen molar-refractivity contribution in [3.05, 3.63) is 23.3 Å². The molecular weight excluding hydrogens is 214 g/mol. The van der Waals surface area contributed by atoms with E-state index in [1.807, 2.05) is 26.8 Å². The summed E-state index contributed by atoms with van der Waals surface area (Å²) in [4.78, 5) is 12.1. The minimum atomic E-state index is -0.252. The molecule has 3 nitrogen and oxygen atoms in total. The first-order chi connectivity index (χ1) is 7.57. The third-order valence-corrected chi connectivity index (χ3v) is 2.85. The van der Waals surface area contributed by atoms with Gasteiger partial charge in [0, 0.05) is 5.57 Å². The predicted octanol–water partition coefficient (Wildman–Crippen LogP) is 3.34. The van der Waals surface area contributed by atoms with E-state index in [0.29, 0.717) is 5.57 Å². The van der Waals surface area contributed by atoms with E-state index < -0.39 is 0 Å². The van der Waals surface area contributed by atoms with Crippen molar-refractivity contribution >= 4 is 11.5 Å². The summed E-state index contributed by atoms with van der Waals surface area (Å²) >= 11 is 0. The van der Waals surface area contributed by atoms with E-state index in [1.165, 1.54) is 0 Å². The highest BCUT2D eigenvalue weighted by atomic mass is 16.4. The monoisotopic (exact) mass is 235 g/mol. The topological polar surface area (TPSA) is 49.7 Å². The predicted molar refractivity (Wildman–Crippen MR) is 69.3 cm³/mol. The fourth-order valence-electron chi connectivity index (χ4n) is 1.68. The van der Waals surface area contributed by atoms with Crippen LogP contribution in [0, 0.1) is 10.8 Å². The smallest absolute Gasteiger partial charge is 0.211 e. The Balaban J connectivity index is 3.37. The SMILES string of the molecule is CC(C)(C)C1=C/C(=N\O)C(=O)C(C(C)(C)C)=C1. The van der Waals surface area contributed by atoms with Crippen LogP contribution in [0.5, 0.6) is 0 Å². The molecule has 94 valence electrons. The molecule has 0 atom stereocenters. The molecule has 0 aromatic rings. The average Bonchev–Trinajstić information content (AvgIpc) is 2.14. The molecule has 0 aromatic carbocycles. The highest BCUT2D eigenvalue weighted by Crippen LogP contribution is 2.35. The molecule has 17 heavy (non-hydrogen) atoms. The molecule has 0 heterocycles. The van der Waals surface area contributed by atoms with Crippen LogP contribution in [0.4, 0.5) is 0 Å². The van der Waals surface area contributed by atoms with Crippen LogP contribution in [0.2, 0.25) is 0 Å². The van der Waals surface area contributed by atoms with Crippen molar-refractivity contribution in [2.45, 2.75) is 41.5 Å². The molecule has 0 saturated heterocycles. The molecule has 0 saturated carbocycles. The minimum Gasteiger partial charge on any atom is -0.410 e. The van der Waals surface area contributed by atoms with Gasteiger partial charge in [-0.3, -0.25) is 4.79 Å². The summed E-state index contributed by atoms with van der Waals surface area (Å²) in [6.07, 6.45) is 3.59. The van der Waals surface area contributed by atoms with E-state index in [4.69, 9.17) is 5.21 Å². The quantitative estimate of drug-likeness (QED) is 0.397. The van der Waals surface area contributed by atoms with Gasteiger partial charge in [0.25, 0.3) is 0 Å². The second-order valence-electron chi connectivity index (χ2n) is 6.47. The molecule has 1 aliphatic carbocycles. The van der Waals surface area contributed by atoms with Gasteiger partial charge in [-0.25, -0.2) is 0 Å². The van der Waals surface area contributed by atoms with Gasteiger partial charge >= 0.3 is 0 Å². The normalized spacial score (nSPS) is 20.4. The summed E-state index contributed by atoms with van der Waals surface area (Å²) in [5, 5.41) is 12.0. The van der Waals surface area contributed by atoms with Gasteiger partial charge in [0.1, 0.15) is 5.71 Å². The third kappa shape index (κ3) is 2.84. The standard InChI is InChI=1S/C14H21NO2/c1-13(2,3)9-7-10(14(4,5)6)12(16)11(8-9)15-17/h7-8,17H,1-6H3/b15-11+. The summed E-state index contributed by atoms with van der Waals surface area (Å²) in [6.45, 7) is 12.2. The van der Waals surface area contributed by atoms with Gasteiger partial charge in [-0.05, 0) is 22.5 Å². The van der Waals surface area contributed by atoms with Crippen LogP contribution in [0.3, 0.4) is 0 Å². The Morgan fingerprint density at radius 3 is 1.88 bits per heavy atom. The second kappa shape index (κ2) is 4.13. The molecule has 3 heteroatoms. The van der Waals surface area contributed by atoms with Crippen molar-refractivity contribution in [3.63, 3.8) is 0 Å². The number of allylic oxidation sites excluding steroid dienone is 4. The maximum Gasteiger partial charge on any atom is 0.211 e. The Labute approximate surface area is 103 Å². The van der Waals surface area contributed by atoms with Crippen LogP contribution in [-0.2, 0) is 4.79 Å². The Morgan fingerprint density at radius 1 is 1.00 bits per heavy atom. The number of carbonyl (C=O) groups is 1. The highest BCUT2D eigenvalue weighted by Gasteiger charge is 2.32. The summed E-state index contributed by atoms with van der Waals surface area (Å²) in [5.41, 5.74) is 1.50. The second-order valence-corrected chi connectivity index (χ2v) is 6.47. The first kappa shape index (κ1) is 13.7. The Kier molecular flexibility index (Phi) is 3.33. The summed E-state index contributed by atoms with van der Waals surface area (Å²) in [7, 11) is 0. The van der Waals surface area contributed by atoms with Crippen LogP contribution < -0.4 is 0 Å². The molecule has 0 fully saturated rings. The van der Waals surface area contributed by atoms with Gasteiger partial charge < -0.3 is 5.21 Å². The van der Waals surface area contributed by atoms with Crippen molar-refractivity contribution < 1.29 is 10.0 Å². The first-order valence-electron chi connectivity index (χ1n) is 5.78. The lowest BCUT2D eigenvalue weighted by molar-refractivity contribution is -0.110. The lowest BCUT2D eigenvalue weighted by Crippen LogP contribution is -2.29. The highest BCUT2D eigenvalue weighted by molar-refractivity contribution is 6.50. The van der Waals surface area contributed by atoms with Gasteiger partial charge in [0.15, 0.2) is 0 Å². The van der Waals surface area contributed by atoms with Crippen molar-refractivity contribution in [1.82, 2.24) is 0 Å². The molecule has 1 N–H and O–H groups in total. The molecule has 1 aliphatic rings. The Hall–Kier alpha value is -1.38. The Bertz CT molecular complexity index is 426. The minimum absolute atomic E-state index is 0.0762. The van der Waals surface area contributed by atoms with Crippen LogP contribution >= 0.6 is 0 Å². The van der Waals surface area contributed by atoms with Gasteiger partial charge in [-0.15, -0.1) is 0 Å². The first-order valence-corrected chi connectivity index (χ1v) is 5.78. The van der Waals surface area contributed by atoms with Crippen LogP contribution in [0.15, 0.2) is 28.5 Å². The number of oxime groups is 1. The third-order valence-electron chi connectivity index (χ3n) is 2.85. The number of carbonyl (C=O) groups excluding carboxylic acids is 1. The summed E-state index contributed by atoms with van der Waals surface area (Å²) < 4.78 is 0. The molecule has 0 aliphatic heterocycles. The number of Topliss-reactive ketones (excluding diaryl/α,β-unsaturated/α-hetero) is 1. The maximum atomic E-state index is 12.1. The molecule has 0 amide bonds. The number of rotatable bonds is 0. The van der Waals surface area contributed by atoms with E-state index in [1.54, 1.807) is 6.08 Å². The number of ketones is 1. The van der Waals surface area contributed by atoms with Crippen LogP contribution in [0.25, 0.3) is 0 Å². The zero-order valence-electron chi connectivity index (χ0n) is 11.5. The van der Waals surface area contributed by atoms with Crippen molar-refractivity contribution in [2.24, 2.45) is 16.0 Å². The molecule has 0 bridgehead atoms. The Morgan fingerprint density at radius 2 is 1.53 bits per heavy atom. The summed E-state index contributed by atoms with van der Waals surface area (Å²) in [6, 6.07) is 0. The van der Waals surface area contributed by atoms with E-state index in [9.17, 15) is 4.79 Å². The van der Waals surface area contributed by atoms with Gasteiger partial charge in [-0.1, -0.05) is 52.8 Å². The van der Waals surface area contributed by atoms with E-state index in [2.05, 4.69) is 25.9 Å². The summed E-state index contributed by atoms with van der Waals surface area (Å²) in [5.74, 6) is -0.187. The zero-order valence-corrected chi connectivity index (χ0v) is 11.5. The van der Waals surface area contributed by atoms with Crippen LogP contribution in [0.1, 0.15) is 41.5 Å². The molecular formula is C14H21NO2. The fourth-order valence-corrected chi connectivity index (χ4v) is 1.68. The van der Waals surface area contributed by atoms with Crippen molar-refractivity contribution in [1.29, 1.82) is 0 Å². The van der Waals surface area contributed by atoms with E-state index in [-0.39, 0.29) is 22.3 Å². The number of hydrogen-bond acceptors (Lipinski definition) is 3. The molecule has 0 unspecified atom stereocenters. The lowest BCUT2D eigenvalue weighted by atomic mass is 9.74. The van der Waals surface area contributed by atoms with Gasteiger partial charge in [-0.2, -0.15) is 0 Å². The molecule has 1 rings (SSSR count). The van der Waals surface area contributed by atoms with Crippen molar-refractivity contribution in [3.8, 4) is 0 Å².